The van der Waals surface area contributed by atoms with Crippen molar-refractivity contribution in [2.24, 2.45) is 0 Å². The van der Waals surface area contributed by atoms with Crippen LogP contribution in [-0.4, -0.2) is 0 Å². The Kier molecular flexibility index (Phi) is 2.81. The van der Waals surface area contributed by atoms with Crippen molar-refractivity contribution in [1.29, 1.82) is 0 Å². The van der Waals surface area contributed by atoms with Crippen LogP contribution in [0.15, 0.2) is 12.1 Å². The predicted molar refractivity (Wildman–Crippen MR) is 80.9 cm³/mol. The molecule has 0 nitrogen and oxygen atoms in total. The van der Waals surface area contributed by atoms with Crippen molar-refractivity contribution in [3.05, 3.63) is 33.0 Å². The maximum Gasteiger partial charge on any atom is 0.0448 e. The van der Waals surface area contributed by atoms with Gasteiger partial charge in [-0.3, -0.25) is 0 Å². The van der Waals surface area contributed by atoms with E-state index in [2.05, 4.69) is 34.8 Å². The molecule has 0 fully saturated rings. The molecule has 4 rings (SSSR count). The quantitative estimate of drug-likeness (QED) is 0.667. The first-order valence-electron chi connectivity index (χ1n) is 7.14. The lowest BCUT2D eigenvalue weighted by atomic mass is 9.98. The minimum atomic E-state index is 1.32. The van der Waals surface area contributed by atoms with Gasteiger partial charge in [0.1, 0.15) is 0 Å². The molecule has 2 heterocycles. The summed E-state index contributed by atoms with van der Waals surface area (Å²) >= 11 is 4.12. The van der Waals surface area contributed by atoms with Gasteiger partial charge in [0.05, 0.1) is 0 Å². The van der Waals surface area contributed by atoms with Crippen LogP contribution in [0.25, 0.3) is 9.75 Å². The summed E-state index contributed by atoms with van der Waals surface area (Å²) in [6.07, 6.45) is 10.9. The maximum atomic E-state index is 2.48. The van der Waals surface area contributed by atoms with Gasteiger partial charge in [-0.05, 0) is 74.6 Å². The smallest absolute Gasteiger partial charge is 0.0448 e. The molecule has 0 bridgehead atoms. The molecular formula is C16H18S2. The van der Waals surface area contributed by atoms with E-state index in [9.17, 15) is 0 Å². The standard InChI is InChI=1S/C16H18S2/c1-3-7-13-11(5-1)9-15(17-13)16-10-12-6-2-4-8-14(12)18-16/h9-10H,1-8H2. The summed E-state index contributed by atoms with van der Waals surface area (Å²) in [7, 11) is 0. The van der Waals surface area contributed by atoms with Crippen LogP contribution in [0.4, 0.5) is 0 Å². The van der Waals surface area contributed by atoms with Gasteiger partial charge in [-0.15, -0.1) is 22.7 Å². The van der Waals surface area contributed by atoms with Gasteiger partial charge in [0.2, 0.25) is 0 Å². The lowest BCUT2D eigenvalue weighted by Gasteiger charge is -2.08. The Morgan fingerprint density at radius 3 is 1.50 bits per heavy atom. The van der Waals surface area contributed by atoms with Crippen LogP contribution in [0, 0.1) is 0 Å². The zero-order valence-electron chi connectivity index (χ0n) is 10.6. The van der Waals surface area contributed by atoms with Crippen molar-refractivity contribution in [1.82, 2.24) is 0 Å². The minimum Gasteiger partial charge on any atom is -0.139 e. The summed E-state index contributed by atoms with van der Waals surface area (Å²) in [5, 5.41) is 0. The van der Waals surface area contributed by atoms with E-state index in [-0.39, 0.29) is 0 Å². The SMILES string of the molecule is c1c(-c2cc3c(s2)CCCC3)sc2c1CCCC2. The van der Waals surface area contributed by atoms with Crippen molar-refractivity contribution >= 4 is 22.7 Å². The summed E-state index contributed by atoms with van der Waals surface area (Å²) in [6, 6.07) is 4.97. The molecule has 0 N–H and O–H groups in total. The molecule has 0 saturated carbocycles. The number of hydrogen-bond acceptors (Lipinski definition) is 2. The first kappa shape index (κ1) is 11.2. The van der Waals surface area contributed by atoms with Gasteiger partial charge in [-0.1, -0.05) is 0 Å². The number of aryl methyl sites for hydroxylation is 4. The summed E-state index contributed by atoms with van der Waals surface area (Å²) < 4.78 is 0. The second-order valence-electron chi connectivity index (χ2n) is 5.53. The molecule has 94 valence electrons. The highest BCUT2D eigenvalue weighted by Gasteiger charge is 2.18. The Morgan fingerprint density at radius 1 is 0.611 bits per heavy atom. The monoisotopic (exact) mass is 274 g/mol. The van der Waals surface area contributed by atoms with Gasteiger partial charge in [0.25, 0.3) is 0 Å². The maximum absolute atomic E-state index is 2.48. The van der Waals surface area contributed by atoms with E-state index in [0.717, 1.165) is 0 Å². The Labute approximate surface area is 117 Å². The van der Waals surface area contributed by atoms with Crippen molar-refractivity contribution in [2.45, 2.75) is 51.4 Å². The van der Waals surface area contributed by atoms with Crippen LogP contribution >= 0.6 is 22.7 Å². The molecule has 0 radical (unpaired) electrons. The molecular weight excluding hydrogens is 256 g/mol. The summed E-state index contributed by atoms with van der Waals surface area (Å²) in [5.74, 6) is 0. The second-order valence-corrected chi connectivity index (χ2v) is 7.81. The lowest BCUT2D eigenvalue weighted by molar-refractivity contribution is 0.697. The molecule has 0 atom stereocenters. The topological polar surface area (TPSA) is 0 Å². The zero-order chi connectivity index (χ0) is 11.9. The molecule has 2 aliphatic rings. The van der Waals surface area contributed by atoms with Gasteiger partial charge < -0.3 is 0 Å². The molecule has 0 aliphatic heterocycles. The van der Waals surface area contributed by atoms with Crippen LogP contribution in [-0.2, 0) is 25.7 Å². The molecule has 0 amide bonds. The largest absolute Gasteiger partial charge is 0.139 e. The molecule has 2 aromatic rings. The first-order valence-corrected chi connectivity index (χ1v) is 8.77. The van der Waals surface area contributed by atoms with E-state index in [1.807, 2.05) is 0 Å². The Balaban J connectivity index is 1.73. The van der Waals surface area contributed by atoms with Gasteiger partial charge in [-0.2, -0.15) is 0 Å². The van der Waals surface area contributed by atoms with Gasteiger partial charge in [0, 0.05) is 19.5 Å². The van der Waals surface area contributed by atoms with Gasteiger partial charge in [0.15, 0.2) is 0 Å². The van der Waals surface area contributed by atoms with Crippen LogP contribution in [0.1, 0.15) is 46.6 Å². The molecule has 0 spiro atoms. The zero-order valence-corrected chi connectivity index (χ0v) is 12.3. The van der Waals surface area contributed by atoms with E-state index >= 15 is 0 Å². The molecule has 2 aliphatic carbocycles. The fraction of sp³-hybridized carbons (Fsp3) is 0.500. The third kappa shape index (κ3) is 1.86. The van der Waals surface area contributed by atoms with E-state index in [4.69, 9.17) is 0 Å². The first-order chi connectivity index (χ1) is 8.90. The number of hydrogen-bond donors (Lipinski definition) is 0. The average molecular weight is 274 g/mol. The Bertz CT molecular complexity index is 475. The van der Waals surface area contributed by atoms with Crippen molar-refractivity contribution < 1.29 is 0 Å². The highest BCUT2D eigenvalue weighted by atomic mass is 32.1. The van der Waals surface area contributed by atoms with Crippen LogP contribution in [0.5, 0.6) is 0 Å². The number of fused-ring (bicyclic) bond motifs is 2. The molecule has 0 saturated heterocycles. The van der Waals surface area contributed by atoms with Crippen molar-refractivity contribution in [2.75, 3.05) is 0 Å². The third-order valence-corrected chi connectivity index (χ3v) is 6.91. The highest BCUT2D eigenvalue weighted by Crippen LogP contribution is 2.41. The molecule has 18 heavy (non-hydrogen) atoms. The third-order valence-electron chi connectivity index (χ3n) is 4.24. The van der Waals surface area contributed by atoms with Crippen LogP contribution < -0.4 is 0 Å². The normalized spacial score (nSPS) is 18.4. The van der Waals surface area contributed by atoms with E-state index in [1.165, 1.54) is 51.4 Å². The second kappa shape index (κ2) is 4.50. The van der Waals surface area contributed by atoms with Gasteiger partial charge in [-0.25, -0.2) is 0 Å². The van der Waals surface area contributed by atoms with Crippen molar-refractivity contribution in [3.8, 4) is 9.75 Å². The van der Waals surface area contributed by atoms with Crippen LogP contribution in [0.2, 0.25) is 0 Å². The van der Waals surface area contributed by atoms with Gasteiger partial charge >= 0.3 is 0 Å². The predicted octanol–water partition coefficient (Wildman–Crippen LogP) is 5.23. The number of rotatable bonds is 1. The summed E-state index contributed by atoms with van der Waals surface area (Å²) in [5.41, 5.74) is 3.29. The molecule has 2 heteroatoms. The van der Waals surface area contributed by atoms with Crippen LogP contribution in [0.3, 0.4) is 0 Å². The average Bonchev–Trinajstić information content (AvgIpc) is 3.02. The van der Waals surface area contributed by atoms with E-state index in [1.54, 1.807) is 30.6 Å². The molecule has 0 aromatic carbocycles. The fourth-order valence-corrected chi connectivity index (χ4v) is 5.80. The van der Waals surface area contributed by atoms with E-state index < -0.39 is 0 Å². The summed E-state index contributed by atoms with van der Waals surface area (Å²) in [4.78, 5) is 6.42. The lowest BCUT2D eigenvalue weighted by Crippen LogP contribution is -1.96. The molecule has 2 aromatic heterocycles. The van der Waals surface area contributed by atoms with E-state index in [0.29, 0.717) is 0 Å². The highest BCUT2D eigenvalue weighted by molar-refractivity contribution is 7.22. The Hall–Kier alpha value is -0.600. The summed E-state index contributed by atoms with van der Waals surface area (Å²) in [6.45, 7) is 0. The fourth-order valence-electron chi connectivity index (χ4n) is 3.22. The van der Waals surface area contributed by atoms with Crippen molar-refractivity contribution in [3.63, 3.8) is 0 Å². The Morgan fingerprint density at radius 2 is 1.06 bits per heavy atom. The minimum absolute atomic E-state index is 1.32. The molecule has 0 unspecified atom stereocenters. The number of thiophene rings is 2.